The van der Waals surface area contributed by atoms with E-state index in [2.05, 4.69) is 43.9 Å². The predicted molar refractivity (Wildman–Crippen MR) is 126 cm³/mol. The fourth-order valence-corrected chi connectivity index (χ4v) is 4.34. The Labute approximate surface area is 188 Å². The first-order chi connectivity index (χ1) is 14.0. The largest absolute Gasteiger partial charge is 0.371 e. The molecule has 1 saturated heterocycles. The molecule has 1 aliphatic heterocycles. The highest BCUT2D eigenvalue weighted by molar-refractivity contribution is 9.10. The molecule has 0 bridgehead atoms. The Morgan fingerprint density at radius 2 is 2.00 bits per heavy atom. The Morgan fingerprint density at radius 3 is 2.76 bits per heavy atom. The SMILES string of the molecule is O=C(NC1CCN(c2ccnc3cc(Cl)ccc23)CC1)N(S)c1cccc(Br)c1. The van der Waals surface area contributed by atoms with Crippen molar-refractivity contribution in [1.82, 2.24) is 10.3 Å². The quantitative estimate of drug-likeness (QED) is 0.463. The van der Waals surface area contributed by atoms with E-state index in [0.717, 1.165) is 52.7 Å². The maximum atomic E-state index is 12.6. The van der Waals surface area contributed by atoms with Crippen LogP contribution in [0.15, 0.2) is 59.2 Å². The first kappa shape index (κ1) is 20.3. The van der Waals surface area contributed by atoms with Crippen LogP contribution < -0.4 is 14.5 Å². The number of aromatic nitrogens is 1. The van der Waals surface area contributed by atoms with Gasteiger partial charge in [-0.3, -0.25) is 4.98 Å². The summed E-state index contributed by atoms with van der Waals surface area (Å²) in [5, 5.41) is 4.87. The number of nitrogens with one attached hydrogen (secondary N) is 1. The summed E-state index contributed by atoms with van der Waals surface area (Å²) in [4.78, 5) is 19.3. The second kappa shape index (κ2) is 8.81. The summed E-state index contributed by atoms with van der Waals surface area (Å²) in [5.74, 6) is 0. The molecule has 0 radical (unpaired) electrons. The lowest BCUT2D eigenvalue weighted by Crippen LogP contribution is -2.47. The number of halogens is 2. The van der Waals surface area contributed by atoms with E-state index >= 15 is 0 Å². The number of carbonyl (C=O) groups is 1. The lowest BCUT2D eigenvalue weighted by atomic mass is 10.0. The minimum atomic E-state index is -0.214. The van der Waals surface area contributed by atoms with E-state index in [1.165, 1.54) is 4.31 Å². The van der Waals surface area contributed by atoms with Gasteiger partial charge in [-0.1, -0.05) is 46.4 Å². The molecule has 29 heavy (non-hydrogen) atoms. The Balaban J connectivity index is 1.39. The minimum Gasteiger partial charge on any atom is -0.371 e. The number of anilines is 2. The van der Waals surface area contributed by atoms with Gasteiger partial charge in [0.05, 0.1) is 11.2 Å². The molecule has 1 fully saturated rings. The summed E-state index contributed by atoms with van der Waals surface area (Å²) in [6.07, 6.45) is 3.55. The summed E-state index contributed by atoms with van der Waals surface area (Å²) in [6, 6.07) is 15.2. The van der Waals surface area contributed by atoms with Crippen molar-refractivity contribution in [2.45, 2.75) is 18.9 Å². The lowest BCUT2D eigenvalue weighted by Gasteiger charge is -2.35. The van der Waals surface area contributed by atoms with E-state index < -0.39 is 0 Å². The van der Waals surface area contributed by atoms with Gasteiger partial charge < -0.3 is 10.2 Å². The van der Waals surface area contributed by atoms with Crippen molar-refractivity contribution in [3.05, 3.63) is 64.2 Å². The Kier molecular flexibility index (Phi) is 6.18. The number of thiol groups is 1. The summed E-state index contributed by atoms with van der Waals surface area (Å²) in [6.45, 7) is 1.71. The van der Waals surface area contributed by atoms with Gasteiger partial charge in [-0.15, -0.1) is 0 Å². The van der Waals surface area contributed by atoms with Gasteiger partial charge in [-0.2, -0.15) is 0 Å². The van der Waals surface area contributed by atoms with Crippen LogP contribution in [0.2, 0.25) is 5.02 Å². The van der Waals surface area contributed by atoms with Gasteiger partial charge in [0, 0.05) is 45.9 Å². The van der Waals surface area contributed by atoms with E-state index in [9.17, 15) is 4.79 Å². The zero-order chi connectivity index (χ0) is 20.4. The molecule has 0 atom stereocenters. The molecule has 4 rings (SSSR count). The van der Waals surface area contributed by atoms with Crippen molar-refractivity contribution in [3.63, 3.8) is 0 Å². The third kappa shape index (κ3) is 4.63. The molecule has 1 aliphatic rings. The zero-order valence-electron chi connectivity index (χ0n) is 15.6. The fraction of sp³-hybridized carbons (Fsp3) is 0.238. The van der Waals surface area contributed by atoms with Crippen LogP contribution in [0.25, 0.3) is 10.9 Å². The van der Waals surface area contributed by atoms with Gasteiger partial charge in [0.15, 0.2) is 0 Å². The maximum Gasteiger partial charge on any atom is 0.332 e. The van der Waals surface area contributed by atoms with Gasteiger partial charge in [0.25, 0.3) is 0 Å². The first-order valence-corrected chi connectivity index (χ1v) is 10.9. The number of pyridine rings is 1. The Morgan fingerprint density at radius 1 is 1.21 bits per heavy atom. The molecule has 0 saturated carbocycles. The number of hydrogen-bond acceptors (Lipinski definition) is 4. The summed E-state index contributed by atoms with van der Waals surface area (Å²) >= 11 is 13.9. The zero-order valence-corrected chi connectivity index (χ0v) is 18.8. The molecule has 1 aromatic heterocycles. The van der Waals surface area contributed by atoms with Gasteiger partial charge >= 0.3 is 6.03 Å². The van der Waals surface area contributed by atoms with Crippen LogP contribution in [0.1, 0.15) is 12.8 Å². The van der Waals surface area contributed by atoms with Crippen LogP contribution in [0.3, 0.4) is 0 Å². The van der Waals surface area contributed by atoms with Crippen LogP contribution in [0.4, 0.5) is 16.2 Å². The third-order valence-electron chi connectivity index (χ3n) is 5.09. The average Bonchev–Trinajstić information content (AvgIpc) is 2.73. The van der Waals surface area contributed by atoms with E-state index in [1.807, 2.05) is 54.7 Å². The number of piperidine rings is 1. The molecular formula is C21H20BrClN4OS. The molecule has 8 heteroatoms. The number of fused-ring (bicyclic) bond motifs is 1. The lowest BCUT2D eigenvalue weighted by molar-refractivity contribution is 0.243. The Bertz CT molecular complexity index is 1040. The molecule has 2 heterocycles. The van der Waals surface area contributed by atoms with Gasteiger partial charge in [0.1, 0.15) is 0 Å². The van der Waals surface area contributed by atoms with Crippen molar-refractivity contribution in [1.29, 1.82) is 0 Å². The van der Waals surface area contributed by atoms with E-state index in [4.69, 9.17) is 11.6 Å². The van der Waals surface area contributed by atoms with E-state index in [1.54, 1.807) is 0 Å². The molecule has 0 aliphatic carbocycles. The first-order valence-electron chi connectivity index (χ1n) is 9.35. The number of carbonyl (C=O) groups excluding carboxylic acids is 1. The Hall–Kier alpha value is -1.96. The van der Waals surface area contributed by atoms with Crippen molar-refractivity contribution >= 4 is 68.7 Å². The number of rotatable bonds is 3. The summed E-state index contributed by atoms with van der Waals surface area (Å²) in [5.41, 5.74) is 2.77. The molecule has 5 nitrogen and oxygen atoms in total. The smallest absolute Gasteiger partial charge is 0.332 e. The predicted octanol–water partition coefficient (Wildman–Crippen LogP) is 5.68. The van der Waals surface area contributed by atoms with Crippen molar-refractivity contribution in [2.75, 3.05) is 22.3 Å². The molecule has 0 spiro atoms. The van der Waals surface area contributed by atoms with Gasteiger partial charge in [-0.25, -0.2) is 9.10 Å². The van der Waals surface area contributed by atoms with Crippen LogP contribution in [-0.2, 0) is 0 Å². The van der Waals surface area contributed by atoms with Crippen molar-refractivity contribution in [3.8, 4) is 0 Å². The number of nitrogens with zero attached hydrogens (tertiary/aromatic N) is 3. The summed E-state index contributed by atoms with van der Waals surface area (Å²) in [7, 11) is 0. The molecule has 0 unspecified atom stereocenters. The fourth-order valence-electron chi connectivity index (χ4n) is 3.61. The summed E-state index contributed by atoms with van der Waals surface area (Å²) < 4.78 is 2.25. The monoisotopic (exact) mass is 490 g/mol. The van der Waals surface area contributed by atoms with E-state index in [-0.39, 0.29) is 12.1 Å². The normalized spacial score (nSPS) is 14.8. The van der Waals surface area contributed by atoms with E-state index in [0.29, 0.717) is 5.02 Å². The van der Waals surface area contributed by atoms with Crippen molar-refractivity contribution < 1.29 is 4.79 Å². The maximum absolute atomic E-state index is 12.6. The highest BCUT2D eigenvalue weighted by atomic mass is 79.9. The molecule has 3 aromatic rings. The van der Waals surface area contributed by atoms with Gasteiger partial charge in [-0.05, 0) is 55.3 Å². The average molecular weight is 492 g/mol. The molecule has 1 N–H and O–H groups in total. The van der Waals surface area contributed by atoms with Crippen LogP contribution in [-0.4, -0.2) is 30.1 Å². The van der Waals surface area contributed by atoms with Crippen molar-refractivity contribution in [2.24, 2.45) is 0 Å². The number of amides is 2. The van der Waals surface area contributed by atoms with Crippen LogP contribution >= 0.6 is 40.3 Å². The molecule has 2 aromatic carbocycles. The number of benzene rings is 2. The highest BCUT2D eigenvalue weighted by Gasteiger charge is 2.24. The standard InChI is InChI=1S/C21H20BrClN4OS/c22-14-2-1-3-17(12-14)27(29)21(28)25-16-7-10-26(11-8-16)20-6-9-24-19-13-15(23)4-5-18(19)20/h1-6,9,12-13,16,29H,7-8,10-11H2,(H,25,28). The molecular weight excluding hydrogens is 472 g/mol. The highest BCUT2D eigenvalue weighted by Crippen LogP contribution is 2.29. The number of urea groups is 1. The second-order valence-corrected chi connectivity index (χ2v) is 8.75. The third-order valence-corrected chi connectivity index (χ3v) is 6.23. The van der Waals surface area contributed by atoms with Gasteiger partial charge in [0.2, 0.25) is 0 Å². The van der Waals surface area contributed by atoms with Crippen LogP contribution in [0.5, 0.6) is 0 Å². The molecule has 2 amide bonds. The second-order valence-electron chi connectivity index (χ2n) is 6.99. The molecule has 150 valence electrons. The number of hydrogen-bond donors (Lipinski definition) is 2. The minimum absolute atomic E-state index is 0.114. The van der Waals surface area contributed by atoms with Crippen LogP contribution in [0, 0.1) is 0 Å². The topological polar surface area (TPSA) is 48.5 Å².